The van der Waals surface area contributed by atoms with E-state index < -0.39 is 17.3 Å². The number of ketones is 1. The largest absolute Gasteiger partial charge is 0.462 e. The van der Waals surface area contributed by atoms with Crippen LogP contribution in [0, 0.1) is 17.8 Å². The second kappa shape index (κ2) is 7.02. The summed E-state index contributed by atoms with van der Waals surface area (Å²) in [6.45, 7) is 5.60. The van der Waals surface area contributed by atoms with Gasteiger partial charge >= 0.3 is 5.97 Å². The second-order valence-electron chi connectivity index (χ2n) is 8.66. The number of Topliss-reactive ketones (excluding diaryl/α,β-unsaturated/α-hetero) is 1. The van der Waals surface area contributed by atoms with E-state index in [4.69, 9.17) is 21.6 Å². The second-order valence-corrected chi connectivity index (χ2v) is 8.66. The van der Waals surface area contributed by atoms with Crippen LogP contribution in [0.2, 0.25) is 0 Å². The van der Waals surface area contributed by atoms with Crippen molar-refractivity contribution < 1.29 is 23.9 Å². The quantitative estimate of drug-likeness (QED) is 0.595. The number of carbonyl (C=O) groups excluding carboxylic acids is 3. The van der Waals surface area contributed by atoms with Gasteiger partial charge in [-0.3, -0.25) is 14.5 Å². The number of hydrogen-bond donors (Lipinski definition) is 1. The molecular formula is C24H24N2O5. The minimum absolute atomic E-state index is 0.0171. The first-order chi connectivity index (χ1) is 14.7. The van der Waals surface area contributed by atoms with Gasteiger partial charge in [-0.2, -0.15) is 0 Å². The topological polar surface area (TPSA) is 98.9 Å². The van der Waals surface area contributed by atoms with E-state index in [0.717, 1.165) is 0 Å². The molecule has 160 valence electrons. The van der Waals surface area contributed by atoms with Gasteiger partial charge in [0.15, 0.2) is 5.78 Å². The molecule has 2 aliphatic heterocycles. The highest BCUT2D eigenvalue weighted by molar-refractivity contribution is 6.23. The van der Waals surface area contributed by atoms with Gasteiger partial charge in [-0.15, -0.1) is 6.42 Å². The average molecular weight is 420 g/mol. The highest BCUT2D eigenvalue weighted by Gasteiger charge is 2.64. The minimum atomic E-state index is -1.75. The van der Waals surface area contributed by atoms with E-state index in [9.17, 15) is 14.4 Å². The number of para-hydroxylation sites is 1. The van der Waals surface area contributed by atoms with Gasteiger partial charge in [-0.25, -0.2) is 4.79 Å². The summed E-state index contributed by atoms with van der Waals surface area (Å²) in [5.74, 6) is 1.02. The Balaban J connectivity index is 2.09. The van der Waals surface area contributed by atoms with Crippen molar-refractivity contribution in [2.75, 3.05) is 18.1 Å². The Bertz CT molecular complexity index is 1120. The minimum Gasteiger partial charge on any atom is -0.462 e. The fourth-order valence-corrected chi connectivity index (χ4v) is 4.90. The standard InChI is InChI=1S/C24H24N2O5/c1-5-11-26-15-10-8-7-9-14(15)24(22(26)29)18-16(27)12-23(3,4)13-17(18)31-20(25)19(24)21(28)30-6-2/h1,7-10H,6,11-13,25H2,2-4H3/t24-/m1/s1. The molecule has 2 N–H and O–H groups in total. The van der Waals surface area contributed by atoms with Crippen molar-refractivity contribution in [3.63, 3.8) is 0 Å². The number of allylic oxidation sites excluding steroid dienone is 1. The van der Waals surface area contributed by atoms with Gasteiger partial charge in [0, 0.05) is 24.1 Å². The number of benzene rings is 1. The van der Waals surface area contributed by atoms with E-state index in [1.807, 2.05) is 13.8 Å². The van der Waals surface area contributed by atoms with Gasteiger partial charge in [-0.05, 0) is 18.4 Å². The Hall–Kier alpha value is -3.53. The van der Waals surface area contributed by atoms with E-state index in [1.165, 1.54) is 4.90 Å². The lowest BCUT2D eigenvalue weighted by molar-refractivity contribution is -0.141. The molecule has 0 radical (unpaired) electrons. The van der Waals surface area contributed by atoms with Gasteiger partial charge in [0.25, 0.3) is 0 Å². The third-order valence-corrected chi connectivity index (χ3v) is 5.96. The van der Waals surface area contributed by atoms with Crippen LogP contribution in [-0.4, -0.2) is 30.8 Å². The summed E-state index contributed by atoms with van der Waals surface area (Å²) in [4.78, 5) is 42.1. The van der Waals surface area contributed by atoms with Gasteiger partial charge in [0.2, 0.25) is 11.8 Å². The number of anilines is 1. The molecule has 7 heteroatoms. The SMILES string of the molecule is C#CCN1C(=O)[C@]2(C(C(=O)OCC)=C(N)OC3=C2C(=O)CC(C)(C)C3)c2ccccc21. The lowest BCUT2D eigenvalue weighted by Crippen LogP contribution is -2.52. The molecule has 1 aliphatic carbocycles. The maximum Gasteiger partial charge on any atom is 0.341 e. The van der Waals surface area contributed by atoms with Gasteiger partial charge < -0.3 is 15.2 Å². The highest BCUT2D eigenvalue weighted by Crippen LogP contribution is 2.57. The fraction of sp³-hybridized carbons (Fsp3) is 0.375. The highest BCUT2D eigenvalue weighted by atomic mass is 16.5. The zero-order valence-electron chi connectivity index (χ0n) is 17.8. The Kier molecular flexibility index (Phi) is 4.69. The summed E-state index contributed by atoms with van der Waals surface area (Å²) in [7, 11) is 0. The van der Waals surface area contributed by atoms with Crippen molar-refractivity contribution in [3.8, 4) is 12.3 Å². The molecule has 4 rings (SSSR count). The zero-order valence-corrected chi connectivity index (χ0v) is 17.8. The Morgan fingerprint density at radius 3 is 2.68 bits per heavy atom. The molecule has 1 spiro atoms. The Morgan fingerprint density at radius 1 is 1.29 bits per heavy atom. The van der Waals surface area contributed by atoms with Gasteiger partial charge in [-0.1, -0.05) is 38.0 Å². The third kappa shape index (κ3) is 2.78. The summed E-state index contributed by atoms with van der Waals surface area (Å²) in [5.41, 5.74) is 5.12. The van der Waals surface area contributed by atoms with Crippen LogP contribution < -0.4 is 10.6 Å². The normalized spacial score (nSPS) is 24.0. The molecule has 1 aromatic carbocycles. The lowest BCUT2D eigenvalue weighted by atomic mass is 9.62. The number of ether oxygens (including phenoxy) is 2. The number of esters is 1. The van der Waals surface area contributed by atoms with Crippen molar-refractivity contribution in [1.29, 1.82) is 0 Å². The Morgan fingerprint density at radius 2 is 2.00 bits per heavy atom. The predicted octanol–water partition coefficient (Wildman–Crippen LogP) is 2.31. The van der Waals surface area contributed by atoms with Crippen molar-refractivity contribution in [2.45, 2.75) is 39.0 Å². The first-order valence-electron chi connectivity index (χ1n) is 10.2. The molecule has 31 heavy (non-hydrogen) atoms. The molecule has 0 aromatic heterocycles. The molecule has 2 heterocycles. The van der Waals surface area contributed by atoms with Crippen molar-refractivity contribution in [3.05, 3.63) is 52.6 Å². The summed E-state index contributed by atoms with van der Waals surface area (Å²) in [5, 5.41) is 0. The molecule has 0 fully saturated rings. The maximum atomic E-state index is 14.0. The van der Waals surface area contributed by atoms with Crippen LogP contribution in [0.5, 0.6) is 0 Å². The maximum absolute atomic E-state index is 14.0. The zero-order chi connectivity index (χ0) is 22.6. The summed E-state index contributed by atoms with van der Waals surface area (Å²) < 4.78 is 11.1. The van der Waals surface area contributed by atoms with Crippen LogP contribution in [0.15, 0.2) is 47.1 Å². The van der Waals surface area contributed by atoms with Crippen LogP contribution in [0.4, 0.5) is 5.69 Å². The summed E-state index contributed by atoms with van der Waals surface area (Å²) in [6, 6.07) is 6.98. The number of amides is 1. The third-order valence-electron chi connectivity index (χ3n) is 5.96. The van der Waals surface area contributed by atoms with Crippen LogP contribution in [-0.2, 0) is 29.3 Å². The monoisotopic (exact) mass is 420 g/mol. The number of hydrogen-bond acceptors (Lipinski definition) is 6. The van der Waals surface area contributed by atoms with E-state index in [-0.39, 0.29) is 47.8 Å². The lowest BCUT2D eigenvalue weighted by Gasteiger charge is -2.42. The molecule has 0 saturated carbocycles. The van der Waals surface area contributed by atoms with E-state index in [1.54, 1.807) is 31.2 Å². The van der Waals surface area contributed by atoms with Crippen LogP contribution in [0.25, 0.3) is 0 Å². The van der Waals surface area contributed by atoms with Crippen molar-refractivity contribution in [2.24, 2.45) is 11.1 Å². The van der Waals surface area contributed by atoms with Gasteiger partial charge in [0.1, 0.15) is 16.7 Å². The summed E-state index contributed by atoms with van der Waals surface area (Å²) >= 11 is 0. The van der Waals surface area contributed by atoms with Crippen molar-refractivity contribution >= 4 is 23.3 Å². The molecule has 1 atom stereocenters. The van der Waals surface area contributed by atoms with Gasteiger partial charge in [0.05, 0.1) is 18.7 Å². The smallest absolute Gasteiger partial charge is 0.341 e. The van der Waals surface area contributed by atoms with E-state index in [0.29, 0.717) is 23.4 Å². The molecule has 1 aromatic rings. The van der Waals surface area contributed by atoms with E-state index in [2.05, 4.69) is 5.92 Å². The fourth-order valence-electron chi connectivity index (χ4n) is 4.90. The number of nitrogens with two attached hydrogens (primary N) is 1. The van der Waals surface area contributed by atoms with Crippen molar-refractivity contribution in [1.82, 2.24) is 0 Å². The predicted molar refractivity (Wildman–Crippen MR) is 113 cm³/mol. The molecular weight excluding hydrogens is 396 g/mol. The molecule has 1 amide bonds. The number of terminal acetylenes is 1. The van der Waals surface area contributed by atoms with Crippen LogP contribution >= 0.6 is 0 Å². The molecule has 7 nitrogen and oxygen atoms in total. The Labute approximate surface area is 180 Å². The summed E-state index contributed by atoms with van der Waals surface area (Å²) in [6.07, 6.45) is 6.14. The number of carbonyl (C=O) groups is 3. The number of fused-ring (bicyclic) bond motifs is 3. The number of rotatable bonds is 3. The molecule has 0 bridgehead atoms. The molecule has 3 aliphatic rings. The van der Waals surface area contributed by atoms with E-state index >= 15 is 0 Å². The number of nitrogens with zero attached hydrogens (tertiary/aromatic N) is 1. The van der Waals surface area contributed by atoms with Crippen LogP contribution in [0.1, 0.15) is 39.2 Å². The molecule has 0 unspecified atom stereocenters. The molecule has 0 saturated heterocycles. The first-order valence-corrected chi connectivity index (χ1v) is 10.2. The van der Waals surface area contributed by atoms with Crippen LogP contribution in [0.3, 0.4) is 0 Å². The first kappa shape index (κ1) is 20.7. The average Bonchev–Trinajstić information content (AvgIpc) is 2.91.